The average Bonchev–Trinajstić information content (AvgIpc) is 2.95. The van der Waals surface area contributed by atoms with Crippen molar-refractivity contribution in [3.05, 3.63) is 30.2 Å². The maximum absolute atomic E-state index is 14.0. The van der Waals surface area contributed by atoms with Crippen LogP contribution in [0.3, 0.4) is 0 Å². The van der Waals surface area contributed by atoms with Crippen LogP contribution in [0.5, 0.6) is 0 Å². The number of nitrogens with two attached hydrogens (primary N) is 1. The first-order valence-corrected chi connectivity index (χ1v) is 7.59. The molecule has 3 N–H and O–H groups in total. The maximum Gasteiger partial charge on any atom is 0.407 e. The molecule has 1 fully saturated rings. The summed E-state index contributed by atoms with van der Waals surface area (Å²) >= 11 is 0. The molecule has 0 aromatic carbocycles. The van der Waals surface area contributed by atoms with Crippen molar-refractivity contribution < 1.29 is 14.3 Å². The molecule has 1 saturated heterocycles. The van der Waals surface area contributed by atoms with Crippen molar-refractivity contribution in [2.24, 2.45) is 5.41 Å². The fourth-order valence-corrected chi connectivity index (χ4v) is 2.95. The summed E-state index contributed by atoms with van der Waals surface area (Å²) in [7, 11) is 0. The minimum Gasteiger partial charge on any atom is -0.465 e. The van der Waals surface area contributed by atoms with Crippen molar-refractivity contribution in [3.8, 4) is 5.82 Å². The highest BCUT2D eigenvalue weighted by molar-refractivity contribution is 5.65. The van der Waals surface area contributed by atoms with E-state index in [-0.39, 0.29) is 16.9 Å². The van der Waals surface area contributed by atoms with E-state index in [2.05, 4.69) is 15.1 Å². The van der Waals surface area contributed by atoms with Crippen molar-refractivity contribution in [3.63, 3.8) is 0 Å². The third kappa shape index (κ3) is 3.01. The lowest BCUT2D eigenvalue weighted by Gasteiger charge is -2.41. The second-order valence-electron chi connectivity index (χ2n) is 6.75. The molecule has 1 aliphatic heterocycles. The number of rotatable bonds is 2. The number of likely N-dealkylation sites (tertiary alicyclic amines) is 1. The summed E-state index contributed by atoms with van der Waals surface area (Å²) in [6.07, 6.45) is 3.11. The summed E-state index contributed by atoms with van der Waals surface area (Å²) < 4.78 is 15.2. The summed E-state index contributed by atoms with van der Waals surface area (Å²) in [6.45, 7) is 4.45. The minimum absolute atomic E-state index is 0.0269. The first-order valence-electron chi connectivity index (χ1n) is 7.59. The molecule has 8 nitrogen and oxygen atoms in total. The SMILES string of the molecule is CC1(C)CCC(c2ncn(-c3ncc(N)cc3F)n2)N(C(=O)O)C1. The number of halogens is 1. The van der Waals surface area contributed by atoms with E-state index in [1.807, 2.05) is 13.8 Å². The molecule has 9 heteroatoms. The lowest BCUT2D eigenvalue weighted by molar-refractivity contribution is 0.0554. The Morgan fingerprint density at radius 1 is 1.46 bits per heavy atom. The molecule has 0 spiro atoms. The summed E-state index contributed by atoms with van der Waals surface area (Å²) in [5.41, 5.74) is 5.60. The smallest absolute Gasteiger partial charge is 0.407 e. The fraction of sp³-hybridized carbons (Fsp3) is 0.467. The van der Waals surface area contributed by atoms with Crippen LogP contribution < -0.4 is 5.73 Å². The van der Waals surface area contributed by atoms with Gasteiger partial charge >= 0.3 is 6.09 Å². The predicted molar refractivity (Wildman–Crippen MR) is 84.0 cm³/mol. The number of carbonyl (C=O) groups is 1. The lowest BCUT2D eigenvalue weighted by Crippen LogP contribution is -2.45. The molecule has 3 rings (SSSR count). The lowest BCUT2D eigenvalue weighted by atomic mass is 9.81. The zero-order valence-electron chi connectivity index (χ0n) is 13.5. The molecular weight excluding hydrogens is 315 g/mol. The fourth-order valence-electron chi connectivity index (χ4n) is 2.95. The van der Waals surface area contributed by atoms with Gasteiger partial charge in [0.25, 0.3) is 0 Å². The molecule has 3 heterocycles. The van der Waals surface area contributed by atoms with Crippen molar-refractivity contribution in [2.75, 3.05) is 12.3 Å². The van der Waals surface area contributed by atoms with Gasteiger partial charge in [-0.1, -0.05) is 13.8 Å². The molecule has 128 valence electrons. The first-order chi connectivity index (χ1) is 11.3. The van der Waals surface area contributed by atoms with Crippen LogP contribution in [0.25, 0.3) is 5.82 Å². The number of nitrogens with zero attached hydrogens (tertiary/aromatic N) is 5. The number of hydrogen-bond acceptors (Lipinski definition) is 5. The van der Waals surface area contributed by atoms with E-state index in [4.69, 9.17) is 5.73 Å². The van der Waals surface area contributed by atoms with Crippen LogP contribution in [-0.4, -0.2) is 42.4 Å². The second kappa shape index (κ2) is 5.73. The number of pyridine rings is 1. The molecule has 1 amide bonds. The highest BCUT2D eigenvalue weighted by Crippen LogP contribution is 2.38. The third-order valence-corrected chi connectivity index (χ3v) is 4.18. The van der Waals surface area contributed by atoms with Gasteiger partial charge in [-0.2, -0.15) is 4.68 Å². The van der Waals surface area contributed by atoms with Crippen LogP contribution in [0, 0.1) is 11.2 Å². The number of aromatic nitrogens is 4. The van der Waals surface area contributed by atoms with Gasteiger partial charge in [-0.3, -0.25) is 4.90 Å². The van der Waals surface area contributed by atoms with Crippen molar-refractivity contribution in [2.45, 2.75) is 32.7 Å². The normalized spacial score (nSPS) is 20.1. The standard InChI is InChI=1S/C15H19FN6O2/c1-15(2)4-3-11(21(7-15)14(23)24)12-19-8-22(20-12)13-10(16)5-9(17)6-18-13/h5-6,8,11H,3-4,7,17H2,1-2H3,(H,23,24). The zero-order valence-corrected chi connectivity index (χ0v) is 13.5. The summed E-state index contributed by atoms with van der Waals surface area (Å²) in [5, 5.41) is 13.7. The van der Waals surface area contributed by atoms with Crippen LogP contribution in [0.15, 0.2) is 18.6 Å². The Hall–Kier alpha value is -2.71. The quantitative estimate of drug-likeness (QED) is 0.871. The molecule has 0 aliphatic carbocycles. The largest absolute Gasteiger partial charge is 0.465 e. The first kappa shape index (κ1) is 16.2. The molecule has 2 aromatic rings. The number of anilines is 1. The monoisotopic (exact) mass is 334 g/mol. The molecule has 24 heavy (non-hydrogen) atoms. The Labute approximate surface area is 138 Å². The number of carboxylic acid groups (broad SMARTS) is 1. The Bertz CT molecular complexity index is 775. The molecular formula is C15H19FN6O2. The van der Waals surface area contributed by atoms with Gasteiger partial charge in [0.15, 0.2) is 17.5 Å². The topological polar surface area (TPSA) is 110 Å². The molecule has 1 unspecified atom stereocenters. The maximum atomic E-state index is 14.0. The summed E-state index contributed by atoms with van der Waals surface area (Å²) in [4.78, 5) is 21.0. The van der Waals surface area contributed by atoms with Crippen molar-refractivity contribution in [1.29, 1.82) is 0 Å². The molecule has 2 aromatic heterocycles. The van der Waals surface area contributed by atoms with Gasteiger partial charge < -0.3 is 10.8 Å². The van der Waals surface area contributed by atoms with Gasteiger partial charge in [0.1, 0.15) is 6.33 Å². The van der Waals surface area contributed by atoms with Gasteiger partial charge in [0.05, 0.1) is 17.9 Å². The third-order valence-electron chi connectivity index (χ3n) is 4.18. The molecule has 1 aliphatic rings. The number of amides is 1. The van der Waals surface area contributed by atoms with E-state index in [1.54, 1.807) is 0 Å². The highest BCUT2D eigenvalue weighted by Gasteiger charge is 2.38. The van der Waals surface area contributed by atoms with E-state index >= 15 is 0 Å². The zero-order chi connectivity index (χ0) is 17.5. The van der Waals surface area contributed by atoms with Gasteiger partial charge in [-0.05, 0) is 18.3 Å². The van der Waals surface area contributed by atoms with Gasteiger partial charge in [-0.15, -0.1) is 5.10 Å². The van der Waals surface area contributed by atoms with E-state index < -0.39 is 18.0 Å². The number of hydrogen-bond donors (Lipinski definition) is 2. The summed E-state index contributed by atoms with van der Waals surface area (Å²) in [6, 6.07) is 0.699. The summed E-state index contributed by atoms with van der Waals surface area (Å²) in [5.74, 6) is -0.307. The Morgan fingerprint density at radius 3 is 2.88 bits per heavy atom. The molecule has 0 radical (unpaired) electrons. The van der Waals surface area contributed by atoms with E-state index in [1.165, 1.54) is 22.1 Å². The number of nitrogen functional groups attached to an aromatic ring is 1. The van der Waals surface area contributed by atoms with Crippen LogP contribution in [0.2, 0.25) is 0 Å². The number of piperidine rings is 1. The molecule has 0 saturated carbocycles. The van der Waals surface area contributed by atoms with Crippen LogP contribution in [-0.2, 0) is 0 Å². The van der Waals surface area contributed by atoms with Crippen LogP contribution >= 0.6 is 0 Å². The van der Waals surface area contributed by atoms with Crippen LogP contribution in [0.4, 0.5) is 14.9 Å². The second-order valence-corrected chi connectivity index (χ2v) is 6.75. The minimum atomic E-state index is -1.01. The Balaban J connectivity index is 1.90. The van der Waals surface area contributed by atoms with Crippen molar-refractivity contribution in [1.82, 2.24) is 24.6 Å². The molecule has 0 bridgehead atoms. The Morgan fingerprint density at radius 2 is 2.21 bits per heavy atom. The highest BCUT2D eigenvalue weighted by atomic mass is 19.1. The van der Waals surface area contributed by atoms with E-state index in [0.29, 0.717) is 18.8 Å². The molecule has 1 atom stereocenters. The average molecular weight is 334 g/mol. The van der Waals surface area contributed by atoms with Gasteiger partial charge in [0, 0.05) is 12.6 Å². The van der Waals surface area contributed by atoms with Gasteiger partial charge in [-0.25, -0.2) is 19.2 Å². The van der Waals surface area contributed by atoms with E-state index in [0.717, 1.165) is 12.5 Å². The van der Waals surface area contributed by atoms with Gasteiger partial charge in [0.2, 0.25) is 0 Å². The Kier molecular flexibility index (Phi) is 3.86. The van der Waals surface area contributed by atoms with Crippen molar-refractivity contribution >= 4 is 11.8 Å². The van der Waals surface area contributed by atoms with E-state index in [9.17, 15) is 14.3 Å². The van der Waals surface area contributed by atoms with Crippen LogP contribution in [0.1, 0.15) is 38.6 Å². The predicted octanol–water partition coefficient (Wildman–Crippen LogP) is 2.22.